The number of rotatable bonds is 3. The number of carbonyl (C=O) groups excluding carboxylic acids is 1. The van der Waals surface area contributed by atoms with Crippen molar-refractivity contribution in [2.75, 3.05) is 19.5 Å². The van der Waals surface area contributed by atoms with Crippen molar-refractivity contribution in [1.29, 1.82) is 0 Å². The Bertz CT molecular complexity index is 651. The zero-order valence-corrected chi connectivity index (χ0v) is 11.3. The van der Waals surface area contributed by atoms with E-state index in [1.54, 1.807) is 20.4 Å². The molecule has 0 saturated heterocycles. The molecule has 6 nitrogen and oxygen atoms in total. The molecule has 0 unspecified atom stereocenters. The number of hydrogen-bond acceptors (Lipinski definition) is 4. The average molecular weight is 273 g/mol. The van der Waals surface area contributed by atoms with Gasteiger partial charge < -0.3 is 14.8 Å². The van der Waals surface area contributed by atoms with E-state index in [-0.39, 0.29) is 11.8 Å². The van der Waals surface area contributed by atoms with Gasteiger partial charge in [0, 0.05) is 17.9 Å². The smallest absolute Gasteiger partial charge is 0.226 e. The summed E-state index contributed by atoms with van der Waals surface area (Å²) in [4.78, 5) is 11.8. The second kappa shape index (κ2) is 4.88. The van der Waals surface area contributed by atoms with Gasteiger partial charge in [-0.05, 0) is 17.7 Å². The second-order valence-corrected chi connectivity index (χ2v) is 4.62. The van der Waals surface area contributed by atoms with Crippen molar-refractivity contribution in [3.05, 3.63) is 35.5 Å². The van der Waals surface area contributed by atoms with Crippen LogP contribution in [-0.4, -0.2) is 30.3 Å². The van der Waals surface area contributed by atoms with Crippen LogP contribution in [0.3, 0.4) is 0 Å². The normalized spacial score (nSPS) is 17.3. The van der Waals surface area contributed by atoms with Gasteiger partial charge in [-0.2, -0.15) is 5.10 Å². The molecular formula is C14H15N3O3. The van der Waals surface area contributed by atoms with E-state index in [1.165, 1.54) is 0 Å². The van der Waals surface area contributed by atoms with E-state index in [9.17, 15) is 4.79 Å². The zero-order chi connectivity index (χ0) is 14.1. The van der Waals surface area contributed by atoms with Crippen molar-refractivity contribution in [3.8, 4) is 11.5 Å². The van der Waals surface area contributed by atoms with Crippen LogP contribution in [0.5, 0.6) is 11.5 Å². The molecule has 0 radical (unpaired) electrons. The molecule has 0 saturated carbocycles. The Morgan fingerprint density at radius 2 is 2.05 bits per heavy atom. The van der Waals surface area contributed by atoms with E-state index in [2.05, 4.69) is 15.5 Å². The third-order valence-electron chi connectivity index (χ3n) is 3.51. The first kappa shape index (κ1) is 12.5. The van der Waals surface area contributed by atoms with Crippen LogP contribution in [-0.2, 0) is 4.79 Å². The number of benzene rings is 1. The molecule has 104 valence electrons. The predicted molar refractivity (Wildman–Crippen MR) is 73.2 cm³/mol. The molecule has 1 aliphatic rings. The number of nitrogens with one attached hydrogen (secondary N) is 2. The number of carbonyl (C=O) groups is 1. The zero-order valence-electron chi connectivity index (χ0n) is 11.3. The number of ether oxygens (including phenoxy) is 2. The van der Waals surface area contributed by atoms with Crippen molar-refractivity contribution in [3.63, 3.8) is 0 Å². The molecule has 2 aromatic rings. The van der Waals surface area contributed by atoms with Crippen LogP contribution < -0.4 is 14.8 Å². The number of H-pyrrole nitrogens is 1. The van der Waals surface area contributed by atoms with Crippen molar-refractivity contribution >= 4 is 11.7 Å². The Kier molecular flexibility index (Phi) is 3.06. The highest BCUT2D eigenvalue weighted by Gasteiger charge is 2.28. The van der Waals surface area contributed by atoms with Gasteiger partial charge in [0.2, 0.25) is 5.91 Å². The third kappa shape index (κ3) is 1.99. The van der Waals surface area contributed by atoms with Crippen molar-refractivity contribution in [2.24, 2.45) is 0 Å². The van der Waals surface area contributed by atoms with Crippen LogP contribution in [0, 0.1) is 0 Å². The molecule has 6 heteroatoms. The highest BCUT2D eigenvalue weighted by atomic mass is 16.5. The van der Waals surface area contributed by atoms with Crippen LogP contribution in [0.15, 0.2) is 24.4 Å². The maximum Gasteiger partial charge on any atom is 0.226 e. The highest BCUT2D eigenvalue weighted by Crippen LogP contribution is 2.39. The van der Waals surface area contributed by atoms with Gasteiger partial charge in [0.05, 0.1) is 20.4 Å². The van der Waals surface area contributed by atoms with Crippen LogP contribution in [0.2, 0.25) is 0 Å². The summed E-state index contributed by atoms with van der Waals surface area (Å²) in [5.41, 5.74) is 1.98. The molecule has 1 atom stereocenters. The first-order valence-corrected chi connectivity index (χ1v) is 6.28. The van der Waals surface area contributed by atoms with Gasteiger partial charge in [-0.25, -0.2) is 0 Å². The fourth-order valence-electron chi connectivity index (χ4n) is 2.51. The van der Waals surface area contributed by atoms with E-state index < -0.39 is 0 Å². The summed E-state index contributed by atoms with van der Waals surface area (Å²) >= 11 is 0. The lowest BCUT2D eigenvalue weighted by molar-refractivity contribution is -0.116. The highest BCUT2D eigenvalue weighted by molar-refractivity contribution is 5.94. The van der Waals surface area contributed by atoms with Gasteiger partial charge >= 0.3 is 0 Å². The molecule has 0 fully saturated rings. The molecule has 2 heterocycles. The van der Waals surface area contributed by atoms with Gasteiger partial charge in [0.1, 0.15) is 5.82 Å². The molecule has 0 bridgehead atoms. The third-order valence-corrected chi connectivity index (χ3v) is 3.51. The maximum atomic E-state index is 11.8. The van der Waals surface area contributed by atoms with Crippen molar-refractivity contribution in [1.82, 2.24) is 10.2 Å². The number of hydrogen-bond donors (Lipinski definition) is 2. The number of methoxy groups -OCH3 is 2. The molecule has 1 aromatic heterocycles. The summed E-state index contributed by atoms with van der Waals surface area (Å²) in [5, 5.41) is 9.57. The Hall–Kier alpha value is -2.50. The number of aromatic nitrogens is 2. The lowest BCUT2D eigenvalue weighted by Crippen LogP contribution is -2.22. The topological polar surface area (TPSA) is 76.2 Å². The summed E-state index contributed by atoms with van der Waals surface area (Å²) < 4.78 is 10.5. The predicted octanol–water partition coefficient (Wildman–Crippen LogP) is 1.90. The summed E-state index contributed by atoms with van der Waals surface area (Å²) in [5.74, 6) is 1.94. The first-order chi connectivity index (χ1) is 9.72. The Labute approximate surface area is 116 Å². The van der Waals surface area contributed by atoms with Gasteiger partial charge in [-0.3, -0.25) is 9.89 Å². The number of fused-ring (bicyclic) bond motifs is 1. The minimum Gasteiger partial charge on any atom is -0.493 e. The Morgan fingerprint density at radius 1 is 1.25 bits per heavy atom. The second-order valence-electron chi connectivity index (χ2n) is 4.62. The lowest BCUT2D eigenvalue weighted by Gasteiger charge is -2.23. The van der Waals surface area contributed by atoms with Gasteiger partial charge in [0.15, 0.2) is 11.5 Å². The molecule has 1 aliphatic heterocycles. The fraction of sp³-hybridized carbons (Fsp3) is 0.286. The standard InChI is InChI=1S/C14H15N3O3/c1-19-11-4-3-8(5-12(11)20-2)9-6-13(18)16-14-10(9)7-15-17-14/h3-5,7,9H,6H2,1-2H3,(H2,15,16,17,18)/t9-/m0/s1. The van der Waals surface area contributed by atoms with Gasteiger partial charge in [-0.15, -0.1) is 0 Å². The van der Waals surface area contributed by atoms with E-state index in [0.717, 1.165) is 11.1 Å². The van der Waals surface area contributed by atoms with E-state index >= 15 is 0 Å². The minimum absolute atomic E-state index is 0.0264. The summed E-state index contributed by atoms with van der Waals surface area (Å²) in [6.45, 7) is 0. The number of amides is 1. The van der Waals surface area contributed by atoms with Gasteiger partial charge in [0.25, 0.3) is 0 Å². The molecule has 1 amide bonds. The Morgan fingerprint density at radius 3 is 2.80 bits per heavy atom. The van der Waals surface area contributed by atoms with E-state index in [4.69, 9.17) is 9.47 Å². The summed E-state index contributed by atoms with van der Waals surface area (Å²) in [6, 6.07) is 5.70. The number of nitrogens with zero attached hydrogens (tertiary/aromatic N) is 1. The first-order valence-electron chi connectivity index (χ1n) is 6.28. The molecular weight excluding hydrogens is 258 g/mol. The quantitative estimate of drug-likeness (QED) is 0.895. The molecule has 20 heavy (non-hydrogen) atoms. The van der Waals surface area contributed by atoms with Gasteiger partial charge in [-0.1, -0.05) is 6.07 Å². The van der Waals surface area contributed by atoms with Crippen LogP contribution in [0.4, 0.5) is 5.82 Å². The summed E-state index contributed by atoms with van der Waals surface area (Å²) in [7, 11) is 3.19. The number of aromatic amines is 1. The van der Waals surface area contributed by atoms with Crippen molar-refractivity contribution in [2.45, 2.75) is 12.3 Å². The van der Waals surface area contributed by atoms with Crippen LogP contribution in [0.25, 0.3) is 0 Å². The molecule has 0 aliphatic carbocycles. The van der Waals surface area contributed by atoms with E-state index in [1.807, 2.05) is 18.2 Å². The van der Waals surface area contributed by atoms with E-state index in [0.29, 0.717) is 23.7 Å². The maximum absolute atomic E-state index is 11.8. The Balaban J connectivity index is 2.04. The average Bonchev–Trinajstić information content (AvgIpc) is 2.93. The molecule has 2 N–H and O–H groups in total. The summed E-state index contributed by atoms with van der Waals surface area (Å²) in [6.07, 6.45) is 2.14. The largest absolute Gasteiger partial charge is 0.493 e. The van der Waals surface area contributed by atoms with Crippen molar-refractivity contribution < 1.29 is 14.3 Å². The molecule has 1 aromatic carbocycles. The SMILES string of the molecule is COc1ccc([C@@H]2CC(=O)Nc3[nH]ncc32)cc1OC. The minimum atomic E-state index is -0.0303. The van der Waals surface area contributed by atoms with Crippen LogP contribution in [0.1, 0.15) is 23.5 Å². The molecule has 0 spiro atoms. The molecule has 3 rings (SSSR count). The van der Waals surface area contributed by atoms with Crippen LogP contribution >= 0.6 is 0 Å². The fourth-order valence-corrected chi connectivity index (χ4v) is 2.51. The lowest BCUT2D eigenvalue weighted by atomic mass is 9.87. The monoisotopic (exact) mass is 273 g/mol. The number of anilines is 1.